The highest BCUT2D eigenvalue weighted by Crippen LogP contribution is 2.15. The summed E-state index contributed by atoms with van der Waals surface area (Å²) in [5.41, 5.74) is -1.04. The lowest BCUT2D eigenvalue weighted by Crippen LogP contribution is -2.41. The first-order chi connectivity index (χ1) is 11.1. The Morgan fingerprint density at radius 1 is 1.39 bits per heavy atom. The van der Waals surface area contributed by atoms with E-state index in [2.05, 4.69) is 15.2 Å². The van der Waals surface area contributed by atoms with Crippen molar-refractivity contribution in [2.24, 2.45) is 5.92 Å². The highest BCUT2D eigenvalue weighted by atomic mass is 16.5. The fourth-order valence-electron chi connectivity index (χ4n) is 2.67. The van der Waals surface area contributed by atoms with E-state index < -0.39 is 11.2 Å². The van der Waals surface area contributed by atoms with E-state index in [4.69, 9.17) is 4.74 Å². The van der Waals surface area contributed by atoms with Gasteiger partial charge in [0, 0.05) is 32.5 Å². The van der Waals surface area contributed by atoms with Gasteiger partial charge in [0.05, 0.1) is 6.61 Å². The van der Waals surface area contributed by atoms with E-state index in [1.807, 2.05) is 0 Å². The zero-order valence-corrected chi connectivity index (χ0v) is 13.4. The molecule has 128 valence electrons. The first-order valence-electron chi connectivity index (χ1n) is 7.86. The van der Waals surface area contributed by atoms with Gasteiger partial charge < -0.3 is 15.0 Å². The van der Waals surface area contributed by atoms with Gasteiger partial charge in [-0.3, -0.25) is 19.1 Å². The minimum atomic E-state index is -0.570. The zero-order valence-electron chi connectivity index (χ0n) is 13.4. The molecule has 1 aromatic rings. The van der Waals surface area contributed by atoms with E-state index in [9.17, 15) is 14.4 Å². The molecule has 1 aliphatic rings. The van der Waals surface area contributed by atoms with E-state index in [0.717, 1.165) is 39.1 Å². The van der Waals surface area contributed by atoms with Crippen LogP contribution in [0, 0.1) is 5.92 Å². The molecule has 1 fully saturated rings. The second kappa shape index (κ2) is 8.64. The predicted octanol–water partition coefficient (Wildman–Crippen LogP) is -0.989. The summed E-state index contributed by atoms with van der Waals surface area (Å²) >= 11 is 0. The molecular weight excluding hydrogens is 300 g/mol. The van der Waals surface area contributed by atoms with E-state index in [-0.39, 0.29) is 12.5 Å². The summed E-state index contributed by atoms with van der Waals surface area (Å²) in [6.07, 6.45) is 3.42. The monoisotopic (exact) mass is 324 g/mol. The van der Waals surface area contributed by atoms with Gasteiger partial charge in [-0.1, -0.05) is 0 Å². The van der Waals surface area contributed by atoms with Crippen LogP contribution in [0.5, 0.6) is 0 Å². The number of carbonyl (C=O) groups is 1. The highest BCUT2D eigenvalue weighted by Gasteiger charge is 2.19. The third-order valence-corrected chi connectivity index (χ3v) is 4.12. The van der Waals surface area contributed by atoms with Crippen LogP contribution in [-0.4, -0.2) is 60.3 Å². The molecule has 0 bridgehead atoms. The second-order valence-electron chi connectivity index (χ2n) is 5.82. The van der Waals surface area contributed by atoms with Crippen LogP contribution in [0.4, 0.5) is 0 Å². The number of rotatable bonds is 7. The van der Waals surface area contributed by atoms with Gasteiger partial charge in [0.25, 0.3) is 5.56 Å². The van der Waals surface area contributed by atoms with Crippen molar-refractivity contribution >= 4 is 5.91 Å². The second-order valence-corrected chi connectivity index (χ2v) is 5.82. The molecule has 0 aromatic carbocycles. The van der Waals surface area contributed by atoms with Crippen LogP contribution in [0.15, 0.2) is 21.9 Å². The quantitative estimate of drug-likeness (QED) is 0.671. The lowest BCUT2D eigenvalue weighted by molar-refractivity contribution is -0.122. The molecule has 1 aromatic heterocycles. The Hall–Kier alpha value is -1.93. The number of aromatic nitrogens is 2. The number of hydrogen-bond acceptors (Lipinski definition) is 5. The van der Waals surface area contributed by atoms with Gasteiger partial charge in [0.1, 0.15) is 6.54 Å². The number of hydrogen-bond donors (Lipinski definition) is 2. The van der Waals surface area contributed by atoms with E-state index in [1.54, 1.807) is 7.11 Å². The SMILES string of the molecule is COCCN1CCC(CNC(=O)Cn2ccc(=O)[nH]c2=O)CC1. The standard InChI is InChI=1S/C15H24N4O4/c1-23-9-8-18-5-2-12(3-6-18)10-16-14(21)11-19-7-4-13(20)17-15(19)22/h4,7,12H,2-3,5-6,8-11H2,1H3,(H,16,21)(H,17,20,22). The van der Waals surface area contributed by atoms with E-state index >= 15 is 0 Å². The highest BCUT2D eigenvalue weighted by molar-refractivity contribution is 5.75. The van der Waals surface area contributed by atoms with Crippen LogP contribution in [0.2, 0.25) is 0 Å². The average Bonchev–Trinajstić information content (AvgIpc) is 2.54. The van der Waals surface area contributed by atoms with Crippen LogP contribution in [0.1, 0.15) is 12.8 Å². The molecule has 0 atom stereocenters. The summed E-state index contributed by atoms with van der Waals surface area (Å²) < 4.78 is 6.26. The number of H-pyrrole nitrogens is 1. The maximum absolute atomic E-state index is 11.9. The van der Waals surface area contributed by atoms with E-state index in [1.165, 1.54) is 16.8 Å². The van der Waals surface area contributed by atoms with Crippen LogP contribution in [0.25, 0.3) is 0 Å². The zero-order chi connectivity index (χ0) is 16.7. The van der Waals surface area contributed by atoms with Crippen molar-refractivity contribution in [3.63, 3.8) is 0 Å². The Kier molecular flexibility index (Phi) is 6.54. The molecule has 0 radical (unpaired) electrons. The number of methoxy groups -OCH3 is 1. The Morgan fingerprint density at radius 2 is 2.13 bits per heavy atom. The lowest BCUT2D eigenvalue weighted by Gasteiger charge is -2.31. The third kappa shape index (κ3) is 5.65. The molecule has 2 N–H and O–H groups in total. The molecule has 0 saturated carbocycles. The number of piperidine rings is 1. The molecule has 8 nitrogen and oxygen atoms in total. The first-order valence-corrected chi connectivity index (χ1v) is 7.86. The van der Waals surface area contributed by atoms with Crippen molar-refractivity contribution in [3.8, 4) is 0 Å². The summed E-state index contributed by atoms with van der Waals surface area (Å²) in [5.74, 6) is 0.242. The number of nitrogens with one attached hydrogen (secondary N) is 2. The molecule has 0 aliphatic carbocycles. The Bertz CT molecular complexity index is 616. The number of likely N-dealkylation sites (tertiary alicyclic amines) is 1. The minimum absolute atomic E-state index is 0.0811. The molecule has 2 rings (SSSR count). The first kappa shape index (κ1) is 17.4. The van der Waals surface area contributed by atoms with Gasteiger partial charge in [-0.15, -0.1) is 0 Å². The Balaban J connectivity index is 1.71. The van der Waals surface area contributed by atoms with Gasteiger partial charge in [0.15, 0.2) is 0 Å². The Labute approximate surface area is 134 Å². The van der Waals surface area contributed by atoms with E-state index in [0.29, 0.717) is 12.5 Å². The molecular formula is C15H24N4O4. The number of ether oxygens (including phenoxy) is 1. The summed E-state index contributed by atoms with van der Waals surface area (Å²) in [4.78, 5) is 38.9. The van der Waals surface area contributed by atoms with Gasteiger partial charge in [-0.05, 0) is 31.8 Å². The summed E-state index contributed by atoms with van der Waals surface area (Å²) in [5, 5.41) is 2.87. The summed E-state index contributed by atoms with van der Waals surface area (Å²) in [6, 6.07) is 1.23. The fraction of sp³-hybridized carbons (Fsp3) is 0.667. The van der Waals surface area contributed by atoms with Crippen molar-refractivity contribution in [1.29, 1.82) is 0 Å². The minimum Gasteiger partial charge on any atom is -0.383 e. The van der Waals surface area contributed by atoms with Crippen LogP contribution in [-0.2, 0) is 16.1 Å². The number of carbonyl (C=O) groups excluding carboxylic acids is 1. The molecule has 2 heterocycles. The van der Waals surface area contributed by atoms with Crippen molar-refractivity contribution in [2.45, 2.75) is 19.4 Å². The van der Waals surface area contributed by atoms with Gasteiger partial charge in [-0.25, -0.2) is 4.79 Å². The molecule has 1 amide bonds. The van der Waals surface area contributed by atoms with Crippen molar-refractivity contribution in [1.82, 2.24) is 19.8 Å². The van der Waals surface area contributed by atoms with Crippen LogP contribution < -0.4 is 16.6 Å². The molecule has 1 aliphatic heterocycles. The average molecular weight is 324 g/mol. The van der Waals surface area contributed by atoms with Gasteiger partial charge in [-0.2, -0.15) is 0 Å². The Morgan fingerprint density at radius 3 is 2.78 bits per heavy atom. The topological polar surface area (TPSA) is 96.4 Å². The molecule has 23 heavy (non-hydrogen) atoms. The number of aromatic amines is 1. The maximum Gasteiger partial charge on any atom is 0.328 e. The fourth-order valence-corrected chi connectivity index (χ4v) is 2.67. The molecule has 8 heteroatoms. The lowest BCUT2D eigenvalue weighted by atomic mass is 9.97. The van der Waals surface area contributed by atoms with Crippen LogP contribution in [0.3, 0.4) is 0 Å². The largest absolute Gasteiger partial charge is 0.383 e. The maximum atomic E-state index is 11.9. The van der Waals surface area contributed by atoms with Crippen LogP contribution >= 0.6 is 0 Å². The normalized spacial score (nSPS) is 16.4. The smallest absolute Gasteiger partial charge is 0.328 e. The number of nitrogens with zero attached hydrogens (tertiary/aromatic N) is 2. The van der Waals surface area contributed by atoms with Crippen molar-refractivity contribution < 1.29 is 9.53 Å². The van der Waals surface area contributed by atoms with Crippen molar-refractivity contribution in [3.05, 3.63) is 33.1 Å². The molecule has 1 saturated heterocycles. The van der Waals surface area contributed by atoms with Gasteiger partial charge >= 0.3 is 5.69 Å². The number of amides is 1. The molecule has 0 unspecified atom stereocenters. The molecule has 0 spiro atoms. The van der Waals surface area contributed by atoms with Gasteiger partial charge in [0.2, 0.25) is 5.91 Å². The third-order valence-electron chi connectivity index (χ3n) is 4.12. The predicted molar refractivity (Wildman–Crippen MR) is 85.4 cm³/mol. The summed E-state index contributed by atoms with van der Waals surface area (Å²) in [7, 11) is 1.70. The summed E-state index contributed by atoms with van der Waals surface area (Å²) in [6.45, 7) is 4.27. The van der Waals surface area contributed by atoms with Crippen molar-refractivity contribution in [2.75, 3.05) is 39.9 Å².